The van der Waals surface area contributed by atoms with Gasteiger partial charge in [0.2, 0.25) is 0 Å². The second kappa shape index (κ2) is 6.27. The number of carbonyl (C=O) groups is 4. The SMILES string of the molecule is CC(=O)CC(=O)OOCCN1C(=O)c2ccccc2C1=O. The van der Waals surface area contributed by atoms with Crippen LogP contribution in [0.3, 0.4) is 0 Å². The van der Waals surface area contributed by atoms with Gasteiger partial charge in [-0.05, 0) is 19.1 Å². The summed E-state index contributed by atoms with van der Waals surface area (Å²) in [5.74, 6) is -1.97. The highest BCUT2D eigenvalue weighted by atomic mass is 17.2. The zero-order valence-corrected chi connectivity index (χ0v) is 11.3. The predicted molar refractivity (Wildman–Crippen MR) is 69.2 cm³/mol. The van der Waals surface area contributed by atoms with E-state index >= 15 is 0 Å². The Hall–Kier alpha value is -2.54. The molecule has 1 heterocycles. The van der Waals surface area contributed by atoms with Gasteiger partial charge in [-0.15, -0.1) is 0 Å². The molecule has 0 bridgehead atoms. The van der Waals surface area contributed by atoms with E-state index < -0.39 is 17.8 Å². The lowest BCUT2D eigenvalue weighted by atomic mass is 10.1. The third kappa shape index (κ3) is 3.32. The van der Waals surface area contributed by atoms with Crippen LogP contribution in [0.25, 0.3) is 0 Å². The molecule has 0 fully saturated rings. The minimum absolute atomic E-state index is 0.0420. The Kier molecular flexibility index (Phi) is 4.44. The zero-order chi connectivity index (χ0) is 15.4. The van der Waals surface area contributed by atoms with Gasteiger partial charge in [-0.25, -0.2) is 4.79 Å². The zero-order valence-electron chi connectivity index (χ0n) is 11.3. The van der Waals surface area contributed by atoms with E-state index in [1.54, 1.807) is 24.3 Å². The van der Waals surface area contributed by atoms with Gasteiger partial charge >= 0.3 is 5.97 Å². The van der Waals surface area contributed by atoms with Gasteiger partial charge in [-0.2, -0.15) is 4.89 Å². The van der Waals surface area contributed by atoms with Gasteiger partial charge in [0.05, 0.1) is 17.7 Å². The molecular weight excluding hydrogens is 278 g/mol. The molecule has 0 saturated carbocycles. The van der Waals surface area contributed by atoms with E-state index in [-0.39, 0.29) is 25.4 Å². The summed E-state index contributed by atoms with van der Waals surface area (Å²) in [6, 6.07) is 6.49. The first-order chi connectivity index (χ1) is 10.0. The average Bonchev–Trinajstić information content (AvgIpc) is 2.68. The van der Waals surface area contributed by atoms with Gasteiger partial charge in [-0.3, -0.25) is 24.2 Å². The Bertz CT molecular complexity index is 574. The fourth-order valence-electron chi connectivity index (χ4n) is 1.91. The second-order valence-corrected chi connectivity index (χ2v) is 4.46. The molecule has 1 aromatic carbocycles. The van der Waals surface area contributed by atoms with Crippen LogP contribution in [-0.2, 0) is 19.4 Å². The van der Waals surface area contributed by atoms with Crippen LogP contribution >= 0.6 is 0 Å². The number of nitrogens with zero attached hydrogens (tertiary/aromatic N) is 1. The Morgan fingerprint density at radius 3 is 2.19 bits per heavy atom. The topological polar surface area (TPSA) is 90.0 Å². The molecule has 1 aliphatic heterocycles. The third-order valence-corrected chi connectivity index (χ3v) is 2.82. The van der Waals surface area contributed by atoms with E-state index in [4.69, 9.17) is 0 Å². The van der Waals surface area contributed by atoms with E-state index in [9.17, 15) is 19.2 Å². The summed E-state index contributed by atoms with van der Waals surface area (Å²) in [5, 5.41) is 0. The molecule has 2 rings (SSSR count). The van der Waals surface area contributed by atoms with Crippen LogP contribution in [0.1, 0.15) is 34.1 Å². The van der Waals surface area contributed by atoms with Crippen molar-refractivity contribution >= 4 is 23.6 Å². The van der Waals surface area contributed by atoms with E-state index in [2.05, 4.69) is 9.78 Å². The molecule has 1 aromatic rings. The summed E-state index contributed by atoms with van der Waals surface area (Å²) in [7, 11) is 0. The molecule has 0 aliphatic carbocycles. The predicted octanol–water partition coefficient (Wildman–Crippen LogP) is 0.736. The number of hydrogen-bond donors (Lipinski definition) is 0. The fourth-order valence-corrected chi connectivity index (χ4v) is 1.91. The van der Waals surface area contributed by atoms with Crippen LogP contribution in [0.15, 0.2) is 24.3 Å². The van der Waals surface area contributed by atoms with Crippen LogP contribution in [0.2, 0.25) is 0 Å². The minimum Gasteiger partial charge on any atom is -0.299 e. The lowest BCUT2D eigenvalue weighted by molar-refractivity contribution is -0.271. The highest BCUT2D eigenvalue weighted by Gasteiger charge is 2.34. The highest BCUT2D eigenvalue weighted by molar-refractivity contribution is 6.21. The molecule has 0 aromatic heterocycles. The molecule has 0 N–H and O–H groups in total. The van der Waals surface area contributed by atoms with Crippen LogP contribution in [0, 0.1) is 0 Å². The number of ketones is 1. The molecule has 0 atom stereocenters. The maximum atomic E-state index is 12.0. The smallest absolute Gasteiger partial charge is 0.299 e. The number of hydrogen-bond acceptors (Lipinski definition) is 6. The van der Waals surface area contributed by atoms with Gasteiger partial charge in [0.25, 0.3) is 11.8 Å². The Labute approximate surface area is 120 Å². The summed E-state index contributed by atoms with van der Waals surface area (Å²) < 4.78 is 0. The molecular formula is C14H13NO6. The number of rotatable bonds is 6. The molecule has 7 heteroatoms. The van der Waals surface area contributed by atoms with E-state index in [1.807, 2.05) is 0 Å². The number of benzene rings is 1. The minimum atomic E-state index is -0.815. The number of fused-ring (bicyclic) bond motifs is 1. The third-order valence-electron chi connectivity index (χ3n) is 2.82. The summed E-state index contributed by atoms with van der Waals surface area (Å²) in [6.07, 6.45) is -0.382. The van der Waals surface area contributed by atoms with Gasteiger partial charge in [0.1, 0.15) is 18.8 Å². The number of amides is 2. The second-order valence-electron chi connectivity index (χ2n) is 4.46. The molecule has 0 spiro atoms. The van der Waals surface area contributed by atoms with Crippen molar-refractivity contribution in [2.24, 2.45) is 0 Å². The maximum absolute atomic E-state index is 12.0. The van der Waals surface area contributed by atoms with E-state index in [1.165, 1.54) is 6.92 Å². The van der Waals surface area contributed by atoms with Crippen LogP contribution < -0.4 is 0 Å². The van der Waals surface area contributed by atoms with Gasteiger partial charge in [-0.1, -0.05) is 12.1 Å². The average molecular weight is 291 g/mol. The van der Waals surface area contributed by atoms with Crippen molar-refractivity contribution in [3.8, 4) is 0 Å². The van der Waals surface area contributed by atoms with E-state index in [0.717, 1.165) is 4.90 Å². The lowest BCUT2D eigenvalue weighted by Crippen LogP contribution is -2.33. The van der Waals surface area contributed by atoms with Gasteiger partial charge in [0.15, 0.2) is 0 Å². The van der Waals surface area contributed by atoms with Gasteiger partial charge < -0.3 is 0 Å². The van der Waals surface area contributed by atoms with Crippen LogP contribution in [0.4, 0.5) is 0 Å². The molecule has 110 valence electrons. The van der Waals surface area contributed by atoms with Crippen LogP contribution in [0.5, 0.6) is 0 Å². The van der Waals surface area contributed by atoms with Crippen molar-refractivity contribution in [3.63, 3.8) is 0 Å². The molecule has 0 unspecified atom stereocenters. The lowest BCUT2D eigenvalue weighted by Gasteiger charge is -2.12. The van der Waals surface area contributed by atoms with Crippen molar-refractivity contribution in [2.75, 3.05) is 13.2 Å². The molecule has 0 radical (unpaired) electrons. The van der Waals surface area contributed by atoms with Crippen molar-refractivity contribution < 1.29 is 29.0 Å². The summed E-state index contributed by atoms with van der Waals surface area (Å²) >= 11 is 0. The highest BCUT2D eigenvalue weighted by Crippen LogP contribution is 2.21. The van der Waals surface area contributed by atoms with Crippen LogP contribution in [-0.4, -0.2) is 41.6 Å². The number of carbonyl (C=O) groups excluding carboxylic acids is 4. The molecule has 2 amide bonds. The molecule has 1 aliphatic rings. The summed E-state index contributed by atoms with van der Waals surface area (Å²) in [6.45, 7) is 1.05. The quantitative estimate of drug-likeness (QED) is 0.252. The van der Waals surface area contributed by atoms with Crippen molar-refractivity contribution in [3.05, 3.63) is 35.4 Å². The molecule has 0 saturated heterocycles. The van der Waals surface area contributed by atoms with E-state index in [0.29, 0.717) is 11.1 Å². The monoisotopic (exact) mass is 291 g/mol. The first kappa shape index (κ1) is 14.9. The molecule has 21 heavy (non-hydrogen) atoms. The van der Waals surface area contributed by atoms with Crippen molar-refractivity contribution in [2.45, 2.75) is 13.3 Å². The largest absolute Gasteiger partial charge is 0.349 e. The van der Waals surface area contributed by atoms with Gasteiger partial charge in [0, 0.05) is 0 Å². The maximum Gasteiger partial charge on any atom is 0.349 e. The number of Topliss-reactive ketones (excluding diaryl/α,β-unsaturated/α-hetero) is 1. The standard InChI is InChI=1S/C14H13NO6/c1-9(16)8-12(17)21-20-7-6-15-13(18)10-4-2-3-5-11(10)14(15)19/h2-5H,6-8H2,1H3. The fraction of sp³-hybridized carbons (Fsp3) is 0.286. The Morgan fingerprint density at radius 1 is 1.10 bits per heavy atom. The van der Waals surface area contributed by atoms with Crippen molar-refractivity contribution in [1.82, 2.24) is 4.90 Å². The Balaban J connectivity index is 1.83. The Morgan fingerprint density at radius 2 is 1.67 bits per heavy atom. The summed E-state index contributed by atoms with van der Waals surface area (Å²) in [4.78, 5) is 55.6. The first-order valence-electron chi connectivity index (χ1n) is 6.27. The first-order valence-corrected chi connectivity index (χ1v) is 6.27. The normalized spacial score (nSPS) is 13.3. The van der Waals surface area contributed by atoms with Crippen molar-refractivity contribution in [1.29, 1.82) is 0 Å². The molecule has 7 nitrogen and oxygen atoms in total. The summed E-state index contributed by atoms with van der Waals surface area (Å²) in [5.41, 5.74) is 0.687. The number of imide groups is 1.